The summed E-state index contributed by atoms with van der Waals surface area (Å²) in [5, 5.41) is 0. The molecular weight excluding hydrogens is 228 g/mol. The smallest absolute Gasteiger partial charge is 0.331 e. The van der Waals surface area contributed by atoms with Gasteiger partial charge >= 0.3 is 5.97 Å². The second kappa shape index (κ2) is 4.61. The fourth-order valence-electron chi connectivity index (χ4n) is 2.77. The maximum atomic E-state index is 12.3. The summed E-state index contributed by atoms with van der Waals surface area (Å²) in [6.07, 6.45) is 0.736. The summed E-state index contributed by atoms with van der Waals surface area (Å²) in [7, 11) is 7.36. The van der Waals surface area contributed by atoms with E-state index >= 15 is 0 Å². The van der Waals surface area contributed by atoms with Gasteiger partial charge in [-0.2, -0.15) is 0 Å². The summed E-state index contributed by atoms with van der Waals surface area (Å²) in [5.74, 6) is -0.187. The zero-order chi connectivity index (χ0) is 13.3. The van der Waals surface area contributed by atoms with Gasteiger partial charge in [0.1, 0.15) is 5.54 Å². The number of hydrogen-bond donors (Lipinski definition) is 0. The fourth-order valence-corrected chi connectivity index (χ4v) is 2.77. The van der Waals surface area contributed by atoms with E-state index in [1.807, 2.05) is 37.2 Å². The third kappa shape index (κ3) is 1.68. The van der Waals surface area contributed by atoms with E-state index in [-0.39, 0.29) is 5.97 Å². The number of benzene rings is 1. The molecule has 0 aromatic heterocycles. The van der Waals surface area contributed by atoms with Crippen LogP contribution >= 0.6 is 0 Å². The fraction of sp³-hybridized carbons (Fsp3) is 0.500. The van der Waals surface area contributed by atoms with Gasteiger partial charge < -0.3 is 9.64 Å². The van der Waals surface area contributed by atoms with E-state index in [4.69, 9.17) is 4.74 Å². The highest BCUT2D eigenvalue weighted by Crippen LogP contribution is 2.41. The molecule has 0 amide bonds. The Morgan fingerprint density at radius 2 is 2.06 bits per heavy atom. The number of anilines is 1. The van der Waals surface area contributed by atoms with Crippen LogP contribution in [0.15, 0.2) is 24.3 Å². The average molecular weight is 248 g/mol. The van der Waals surface area contributed by atoms with Crippen LogP contribution in [0.25, 0.3) is 0 Å². The number of fused-ring (bicyclic) bond motifs is 1. The van der Waals surface area contributed by atoms with Crippen LogP contribution in [0.1, 0.15) is 12.0 Å². The van der Waals surface area contributed by atoms with Crippen LogP contribution < -0.4 is 4.90 Å². The van der Waals surface area contributed by atoms with Gasteiger partial charge in [0.2, 0.25) is 0 Å². The number of methoxy groups -OCH3 is 1. The molecule has 4 nitrogen and oxygen atoms in total. The van der Waals surface area contributed by atoms with Gasteiger partial charge in [0.25, 0.3) is 0 Å². The predicted molar refractivity (Wildman–Crippen MR) is 71.7 cm³/mol. The molecule has 1 aromatic carbocycles. The number of likely N-dealkylation sites (N-methyl/N-ethyl adjacent to an activating group) is 1. The number of esters is 1. The van der Waals surface area contributed by atoms with Gasteiger partial charge in [-0.05, 0) is 26.6 Å². The highest BCUT2D eigenvalue weighted by molar-refractivity contribution is 5.86. The SMILES string of the molecule is COC(=O)C1(N(C)C)CCN(C)c2ccccc21. The van der Waals surface area contributed by atoms with Crippen LogP contribution in [0.2, 0.25) is 0 Å². The molecule has 1 heterocycles. The predicted octanol–water partition coefficient (Wildman–Crippen LogP) is 1.46. The lowest BCUT2D eigenvalue weighted by Crippen LogP contribution is -2.53. The van der Waals surface area contributed by atoms with Crippen molar-refractivity contribution in [2.45, 2.75) is 12.0 Å². The number of ether oxygens (including phenoxy) is 1. The molecule has 0 aliphatic carbocycles. The van der Waals surface area contributed by atoms with Crippen molar-refractivity contribution in [1.29, 1.82) is 0 Å². The number of hydrogen-bond acceptors (Lipinski definition) is 4. The number of carbonyl (C=O) groups is 1. The molecule has 0 saturated carbocycles. The second-order valence-corrected chi connectivity index (χ2v) is 4.93. The lowest BCUT2D eigenvalue weighted by atomic mass is 9.81. The average Bonchev–Trinajstić information content (AvgIpc) is 2.38. The monoisotopic (exact) mass is 248 g/mol. The summed E-state index contributed by atoms with van der Waals surface area (Å²) in [6, 6.07) is 8.04. The quantitative estimate of drug-likeness (QED) is 0.742. The minimum Gasteiger partial charge on any atom is -0.467 e. The third-order valence-electron chi connectivity index (χ3n) is 3.86. The summed E-state index contributed by atoms with van der Waals surface area (Å²) in [4.78, 5) is 16.5. The lowest BCUT2D eigenvalue weighted by molar-refractivity contribution is -0.155. The van der Waals surface area contributed by atoms with Crippen LogP contribution in [0.3, 0.4) is 0 Å². The maximum absolute atomic E-state index is 12.3. The Kier molecular flexibility index (Phi) is 3.30. The van der Waals surface area contributed by atoms with Crippen LogP contribution in [0.4, 0.5) is 5.69 Å². The van der Waals surface area contributed by atoms with Gasteiger partial charge in [0.05, 0.1) is 7.11 Å². The van der Waals surface area contributed by atoms with Gasteiger partial charge in [0, 0.05) is 24.8 Å². The van der Waals surface area contributed by atoms with E-state index in [0.29, 0.717) is 0 Å². The number of carbonyl (C=O) groups excluding carboxylic acids is 1. The van der Waals surface area contributed by atoms with Gasteiger partial charge in [0.15, 0.2) is 0 Å². The van der Waals surface area contributed by atoms with E-state index in [9.17, 15) is 4.79 Å². The molecular formula is C14H20N2O2. The molecule has 0 spiro atoms. The van der Waals surface area contributed by atoms with Crippen molar-refractivity contribution in [2.75, 3.05) is 39.7 Å². The third-order valence-corrected chi connectivity index (χ3v) is 3.86. The van der Waals surface area contributed by atoms with Crippen molar-refractivity contribution in [2.24, 2.45) is 0 Å². The molecule has 1 aromatic rings. The molecule has 4 heteroatoms. The van der Waals surface area contributed by atoms with Crippen molar-refractivity contribution < 1.29 is 9.53 Å². The van der Waals surface area contributed by atoms with Gasteiger partial charge in [-0.25, -0.2) is 4.79 Å². The zero-order valence-corrected chi connectivity index (χ0v) is 11.4. The molecule has 1 aliphatic heterocycles. The highest BCUT2D eigenvalue weighted by Gasteiger charge is 2.47. The van der Waals surface area contributed by atoms with Crippen LogP contribution in [0, 0.1) is 0 Å². The van der Waals surface area contributed by atoms with Gasteiger partial charge in [-0.15, -0.1) is 0 Å². The van der Waals surface area contributed by atoms with Crippen molar-refractivity contribution >= 4 is 11.7 Å². The second-order valence-electron chi connectivity index (χ2n) is 4.93. The summed E-state index contributed by atoms with van der Waals surface area (Å²) < 4.78 is 5.05. The molecule has 0 N–H and O–H groups in total. The van der Waals surface area contributed by atoms with Crippen LogP contribution in [0.5, 0.6) is 0 Å². The van der Waals surface area contributed by atoms with Crippen LogP contribution in [-0.4, -0.2) is 45.7 Å². The Balaban J connectivity index is 2.63. The van der Waals surface area contributed by atoms with Gasteiger partial charge in [-0.3, -0.25) is 4.90 Å². The van der Waals surface area contributed by atoms with E-state index in [2.05, 4.69) is 18.0 Å². The number of para-hydroxylation sites is 1. The first-order valence-corrected chi connectivity index (χ1v) is 6.10. The van der Waals surface area contributed by atoms with E-state index in [1.54, 1.807) is 0 Å². The summed E-state index contributed by atoms with van der Waals surface area (Å²) in [6.45, 7) is 0.838. The first-order chi connectivity index (χ1) is 8.54. The molecule has 0 saturated heterocycles. The minimum atomic E-state index is -0.669. The van der Waals surface area contributed by atoms with Crippen LogP contribution in [-0.2, 0) is 15.1 Å². The lowest BCUT2D eigenvalue weighted by Gasteiger charge is -2.44. The van der Waals surface area contributed by atoms with Crippen molar-refractivity contribution in [3.05, 3.63) is 29.8 Å². The van der Waals surface area contributed by atoms with Gasteiger partial charge in [-0.1, -0.05) is 18.2 Å². The summed E-state index contributed by atoms with van der Waals surface area (Å²) in [5.41, 5.74) is 1.45. The molecule has 1 unspecified atom stereocenters. The molecule has 0 fully saturated rings. The minimum absolute atomic E-state index is 0.187. The standard InChI is InChI=1S/C14H20N2O2/c1-15(2)14(13(17)18-4)9-10-16(3)12-8-6-5-7-11(12)14/h5-8H,9-10H2,1-4H3. The molecule has 18 heavy (non-hydrogen) atoms. The molecule has 0 bridgehead atoms. The highest BCUT2D eigenvalue weighted by atomic mass is 16.5. The summed E-state index contributed by atoms with van der Waals surface area (Å²) >= 11 is 0. The number of rotatable bonds is 2. The Labute approximate surface area is 108 Å². The van der Waals surface area contributed by atoms with Crippen molar-refractivity contribution in [1.82, 2.24) is 4.90 Å². The Bertz CT molecular complexity index is 459. The number of nitrogens with zero attached hydrogens (tertiary/aromatic N) is 2. The molecule has 98 valence electrons. The Morgan fingerprint density at radius 1 is 1.39 bits per heavy atom. The Morgan fingerprint density at radius 3 is 2.67 bits per heavy atom. The first kappa shape index (κ1) is 12.9. The van der Waals surface area contributed by atoms with E-state index in [1.165, 1.54) is 7.11 Å². The zero-order valence-electron chi connectivity index (χ0n) is 11.4. The molecule has 1 atom stereocenters. The maximum Gasteiger partial charge on any atom is 0.331 e. The molecule has 0 radical (unpaired) electrons. The first-order valence-electron chi connectivity index (χ1n) is 6.10. The normalized spacial score (nSPS) is 22.8. The largest absolute Gasteiger partial charge is 0.467 e. The molecule has 2 rings (SSSR count). The van der Waals surface area contributed by atoms with E-state index in [0.717, 1.165) is 24.2 Å². The topological polar surface area (TPSA) is 32.8 Å². The van der Waals surface area contributed by atoms with E-state index < -0.39 is 5.54 Å². The van der Waals surface area contributed by atoms with Crippen molar-refractivity contribution in [3.63, 3.8) is 0 Å². The molecule has 1 aliphatic rings. The van der Waals surface area contributed by atoms with Crippen molar-refractivity contribution in [3.8, 4) is 0 Å². The Hall–Kier alpha value is -1.55.